The van der Waals surface area contributed by atoms with Crippen LogP contribution in [0.3, 0.4) is 0 Å². The number of rotatable bonds is 4. The Balaban J connectivity index is 2.25. The lowest BCUT2D eigenvalue weighted by atomic mass is 10.3. The summed E-state index contributed by atoms with van der Waals surface area (Å²) in [7, 11) is 0. The van der Waals surface area contributed by atoms with Gasteiger partial charge in [-0.2, -0.15) is 4.98 Å². The van der Waals surface area contributed by atoms with Gasteiger partial charge in [-0.15, -0.1) is 0 Å². The van der Waals surface area contributed by atoms with E-state index >= 15 is 0 Å². The summed E-state index contributed by atoms with van der Waals surface area (Å²) in [6.07, 6.45) is 3.14. The van der Waals surface area contributed by atoms with E-state index in [1.165, 1.54) is 10.8 Å². The zero-order chi connectivity index (χ0) is 13.1. The minimum absolute atomic E-state index is 0.160. The molecular weight excluding hydrogens is 236 g/mol. The summed E-state index contributed by atoms with van der Waals surface area (Å²) < 4.78 is 6.37. The van der Waals surface area contributed by atoms with E-state index in [0.29, 0.717) is 17.3 Å². The highest BCUT2D eigenvalue weighted by Crippen LogP contribution is 2.01. The average Bonchev–Trinajstić information content (AvgIpc) is 2.74. The van der Waals surface area contributed by atoms with Crippen LogP contribution in [0.4, 0.5) is 0 Å². The van der Waals surface area contributed by atoms with Crippen LogP contribution in [0.5, 0.6) is 0 Å². The minimum Gasteiger partial charge on any atom is -0.337 e. The molecule has 1 N–H and O–H groups in total. The van der Waals surface area contributed by atoms with Gasteiger partial charge in [0, 0.05) is 18.2 Å². The maximum absolute atomic E-state index is 11.5. The molecule has 2 heterocycles. The van der Waals surface area contributed by atoms with E-state index < -0.39 is 5.69 Å². The molecule has 0 radical (unpaired) electrons. The molecule has 0 aliphatic heterocycles. The largest absolute Gasteiger partial charge is 0.337 e. The summed E-state index contributed by atoms with van der Waals surface area (Å²) in [4.78, 5) is 29.1. The Bertz CT molecular complexity index is 653. The molecule has 2 aromatic heterocycles. The molecule has 0 bridgehead atoms. The molecule has 0 amide bonds. The van der Waals surface area contributed by atoms with E-state index in [2.05, 4.69) is 15.1 Å². The van der Waals surface area contributed by atoms with Crippen molar-refractivity contribution in [1.82, 2.24) is 19.7 Å². The first kappa shape index (κ1) is 12.3. The van der Waals surface area contributed by atoms with Crippen molar-refractivity contribution >= 4 is 0 Å². The van der Waals surface area contributed by atoms with Gasteiger partial charge in [0.15, 0.2) is 5.82 Å². The number of aryl methyl sites for hydroxylation is 2. The van der Waals surface area contributed by atoms with Crippen molar-refractivity contribution in [1.29, 1.82) is 0 Å². The number of aromatic nitrogens is 4. The Morgan fingerprint density at radius 1 is 1.44 bits per heavy atom. The average molecular weight is 250 g/mol. The molecule has 2 rings (SSSR count). The van der Waals surface area contributed by atoms with Crippen LogP contribution in [-0.4, -0.2) is 19.7 Å². The van der Waals surface area contributed by atoms with Crippen LogP contribution in [0.25, 0.3) is 0 Å². The van der Waals surface area contributed by atoms with E-state index in [1.54, 1.807) is 6.92 Å². The van der Waals surface area contributed by atoms with Gasteiger partial charge >= 0.3 is 5.69 Å². The zero-order valence-electron chi connectivity index (χ0n) is 10.3. The summed E-state index contributed by atoms with van der Waals surface area (Å²) >= 11 is 0. The lowest BCUT2D eigenvalue weighted by Crippen LogP contribution is -2.31. The predicted molar refractivity (Wildman–Crippen MR) is 63.5 cm³/mol. The van der Waals surface area contributed by atoms with Crippen molar-refractivity contribution in [2.24, 2.45) is 0 Å². The molecular formula is C11H14N4O3. The Kier molecular flexibility index (Phi) is 3.40. The van der Waals surface area contributed by atoms with Crippen LogP contribution < -0.4 is 11.2 Å². The third kappa shape index (κ3) is 2.55. The molecule has 0 aliphatic carbocycles. The van der Waals surface area contributed by atoms with E-state index in [1.807, 2.05) is 6.92 Å². The normalized spacial score (nSPS) is 10.8. The fourth-order valence-corrected chi connectivity index (χ4v) is 1.56. The lowest BCUT2D eigenvalue weighted by Gasteiger charge is -2.01. The maximum atomic E-state index is 11.5. The van der Waals surface area contributed by atoms with Gasteiger partial charge in [-0.3, -0.25) is 14.3 Å². The van der Waals surface area contributed by atoms with Gasteiger partial charge in [0.05, 0.1) is 0 Å². The fraction of sp³-hybridized carbons (Fsp3) is 0.455. The van der Waals surface area contributed by atoms with Gasteiger partial charge in [-0.05, 0) is 13.3 Å². The van der Waals surface area contributed by atoms with Gasteiger partial charge in [-0.1, -0.05) is 12.1 Å². The topological polar surface area (TPSA) is 93.8 Å². The SMILES string of the molecule is CCCc1noc(Cn2cc(C)c(=O)[nH]c2=O)n1. The molecule has 0 atom stereocenters. The number of nitrogens with one attached hydrogen (secondary N) is 1. The molecule has 7 heteroatoms. The molecule has 0 fully saturated rings. The zero-order valence-corrected chi connectivity index (χ0v) is 10.3. The summed E-state index contributed by atoms with van der Waals surface area (Å²) in [6, 6.07) is 0. The van der Waals surface area contributed by atoms with Crippen LogP contribution in [-0.2, 0) is 13.0 Å². The molecule has 0 aromatic carbocycles. The van der Waals surface area contributed by atoms with Gasteiger partial charge in [-0.25, -0.2) is 4.79 Å². The Hall–Kier alpha value is -2.18. The summed E-state index contributed by atoms with van der Waals surface area (Å²) in [5.41, 5.74) is -0.405. The van der Waals surface area contributed by atoms with Crippen molar-refractivity contribution < 1.29 is 4.52 Å². The third-order valence-electron chi connectivity index (χ3n) is 2.48. The quantitative estimate of drug-likeness (QED) is 0.838. The number of aromatic amines is 1. The maximum Gasteiger partial charge on any atom is 0.328 e. The number of hydrogen-bond acceptors (Lipinski definition) is 5. The molecule has 0 unspecified atom stereocenters. The van der Waals surface area contributed by atoms with Crippen molar-refractivity contribution in [3.8, 4) is 0 Å². The van der Waals surface area contributed by atoms with Crippen LogP contribution in [0.2, 0.25) is 0 Å². The molecule has 0 aliphatic rings. The second-order valence-electron chi connectivity index (χ2n) is 4.05. The van der Waals surface area contributed by atoms with Crippen LogP contribution in [0, 0.1) is 6.92 Å². The number of nitrogens with zero attached hydrogens (tertiary/aromatic N) is 3. The van der Waals surface area contributed by atoms with Crippen LogP contribution in [0.1, 0.15) is 30.6 Å². The molecule has 0 spiro atoms. The van der Waals surface area contributed by atoms with Crippen molar-refractivity contribution in [3.63, 3.8) is 0 Å². The highest BCUT2D eigenvalue weighted by Gasteiger charge is 2.08. The van der Waals surface area contributed by atoms with Crippen molar-refractivity contribution in [2.45, 2.75) is 33.2 Å². The van der Waals surface area contributed by atoms with Crippen LogP contribution >= 0.6 is 0 Å². The van der Waals surface area contributed by atoms with Gasteiger partial charge in [0.2, 0.25) is 5.89 Å². The molecule has 0 saturated heterocycles. The van der Waals surface area contributed by atoms with E-state index in [0.717, 1.165) is 12.8 Å². The molecule has 7 nitrogen and oxygen atoms in total. The molecule has 96 valence electrons. The first-order valence-corrected chi connectivity index (χ1v) is 5.72. The lowest BCUT2D eigenvalue weighted by molar-refractivity contribution is 0.363. The van der Waals surface area contributed by atoms with Gasteiger partial charge < -0.3 is 4.52 Å². The monoisotopic (exact) mass is 250 g/mol. The highest BCUT2D eigenvalue weighted by molar-refractivity contribution is 5.01. The smallest absolute Gasteiger partial charge is 0.328 e. The Morgan fingerprint density at radius 2 is 2.22 bits per heavy atom. The molecule has 18 heavy (non-hydrogen) atoms. The van der Waals surface area contributed by atoms with Crippen molar-refractivity contribution in [3.05, 3.63) is 44.3 Å². The summed E-state index contributed by atoms with van der Waals surface area (Å²) in [5.74, 6) is 0.980. The predicted octanol–water partition coefficient (Wildman–Crippen LogP) is 0.229. The molecule has 2 aromatic rings. The fourth-order valence-electron chi connectivity index (χ4n) is 1.56. The first-order chi connectivity index (χ1) is 8.60. The molecule has 0 saturated carbocycles. The number of hydrogen-bond donors (Lipinski definition) is 1. The Morgan fingerprint density at radius 3 is 2.94 bits per heavy atom. The standard InChI is InChI=1S/C11H14N4O3/c1-3-4-8-12-9(18-14-8)6-15-5-7(2)10(16)13-11(15)17/h5H,3-4,6H2,1-2H3,(H,13,16,17). The second-order valence-corrected chi connectivity index (χ2v) is 4.05. The van der Waals surface area contributed by atoms with E-state index in [-0.39, 0.29) is 12.1 Å². The minimum atomic E-state index is -0.485. The highest BCUT2D eigenvalue weighted by atomic mass is 16.5. The van der Waals surface area contributed by atoms with Crippen molar-refractivity contribution in [2.75, 3.05) is 0 Å². The second kappa shape index (κ2) is 4.99. The summed E-state index contributed by atoms with van der Waals surface area (Å²) in [5, 5.41) is 3.80. The van der Waals surface area contributed by atoms with E-state index in [4.69, 9.17) is 4.52 Å². The first-order valence-electron chi connectivity index (χ1n) is 5.72. The number of H-pyrrole nitrogens is 1. The summed E-state index contributed by atoms with van der Waals surface area (Å²) in [6.45, 7) is 3.81. The third-order valence-corrected chi connectivity index (χ3v) is 2.48. The van der Waals surface area contributed by atoms with Crippen LogP contribution in [0.15, 0.2) is 20.3 Å². The van der Waals surface area contributed by atoms with E-state index in [9.17, 15) is 9.59 Å². The Labute approximate surface area is 102 Å². The van der Waals surface area contributed by atoms with Gasteiger partial charge in [0.25, 0.3) is 5.56 Å². The van der Waals surface area contributed by atoms with Gasteiger partial charge in [0.1, 0.15) is 6.54 Å².